The summed E-state index contributed by atoms with van der Waals surface area (Å²) in [7, 11) is 1.61. The van der Waals surface area contributed by atoms with Crippen LogP contribution in [0, 0.1) is 5.92 Å². The second kappa shape index (κ2) is 3.90. The molecule has 0 aromatic carbocycles. The molecule has 0 saturated carbocycles. The third kappa shape index (κ3) is 2.08. The molecule has 1 aliphatic heterocycles. The third-order valence-electron chi connectivity index (χ3n) is 1.66. The summed E-state index contributed by atoms with van der Waals surface area (Å²) < 4.78 is 0. The number of hydrogen-bond acceptors (Lipinski definition) is 3. The van der Waals surface area contributed by atoms with Gasteiger partial charge in [0.2, 0.25) is 0 Å². The van der Waals surface area contributed by atoms with E-state index in [1.165, 1.54) is 0 Å². The standard InChI is InChI=1S/C8H13N3O/c1-6-3-7(8(12)9-2)5-11-10-4-6/h3,5-6,10H,4H2,1-2H3,(H,9,12)/t6-/m0/s1. The van der Waals surface area contributed by atoms with Crippen LogP contribution in [0.3, 0.4) is 0 Å². The lowest BCUT2D eigenvalue weighted by atomic mass is 10.1. The van der Waals surface area contributed by atoms with Gasteiger partial charge in [-0.15, -0.1) is 0 Å². The Kier molecular flexibility index (Phi) is 2.85. The summed E-state index contributed by atoms with van der Waals surface area (Å²) in [6.07, 6.45) is 3.45. The second-order valence-corrected chi connectivity index (χ2v) is 2.80. The molecule has 0 spiro atoms. The summed E-state index contributed by atoms with van der Waals surface area (Å²) in [6, 6.07) is 0. The van der Waals surface area contributed by atoms with Crippen molar-refractivity contribution in [3.8, 4) is 0 Å². The lowest BCUT2D eigenvalue weighted by Crippen LogP contribution is -2.21. The first-order valence-electron chi connectivity index (χ1n) is 3.94. The van der Waals surface area contributed by atoms with E-state index >= 15 is 0 Å². The number of nitrogens with zero attached hydrogens (tertiary/aromatic N) is 1. The maximum atomic E-state index is 11.2. The first kappa shape index (κ1) is 8.77. The molecule has 0 aliphatic carbocycles. The maximum Gasteiger partial charge on any atom is 0.252 e. The molecular weight excluding hydrogens is 154 g/mol. The van der Waals surface area contributed by atoms with E-state index in [1.54, 1.807) is 13.3 Å². The van der Waals surface area contributed by atoms with E-state index in [1.807, 2.05) is 13.0 Å². The van der Waals surface area contributed by atoms with Gasteiger partial charge in [0, 0.05) is 13.6 Å². The molecule has 0 fully saturated rings. The molecule has 0 aromatic rings. The Bertz CT molecular complexity index is 232. The molecule has 2 N–H and O–H groups in total. The highest BCUT2D eigenvalue weighted by molar-refractivity contribution is 6.12. The topological polar surface area (TPSA) is 53.5 Å². The van der Waals surface area contributed by atoms with Crippen molar-refractivity contribution in [2.24, 2.45) is 11.0 Å². The zero-order valence-corrected chi connectivity index (χ0v) is 7.29. The number of hydrazone groups is 1. The van der Waals surface area contributed by atoms with Gasteiger partial charge in [0.05, 0.1) is 11.8 Å². The van der Waals surface area contributed by atoms with Gasteiger partial charge in [-0.05, 0) is 5.92 Å². The zero-order chi connectivity index (χ0) is 8.97. The molecule has 1 atom stereocenters. The van der Waals surface area contributed by atoms with Gasteiger partial charge < -0.3 is 10.7 Å². The summed E-state index contributed by atoms with van der Waals surface area (Å²) >= 11 is 0. The van der Waals surface area contributed by atoms with E-state index in [4.69, 9.17) is 0 Å². The molecule has 12 heavy (non-hydrogen) atoms. The second-order valence-electron chi connectivity index (χ2n) is 2.80. The normalized spacial score (nSPS) is 22.2. The molecule has 0 aromatic heterocycles. The Morgan fingerprint density at radius 2 is 2.58 bits per heavy atom. The van der Waals surface area contributed by atoms with Crippen LogP contribution in [0.5, 0.6) is 0 Å². The number of amides is 1. The van der Waals surface area contributed by atoms with Gasteiger partial charge in [-0.2, -0.15) is 5.10 Å². The molecule has 1 aliphatic rings. The van der Waals surface area contributed by atoms with Crippen molar-refractivity contribution in [3.63, 3.8) is 0 Å². The number of nitrogens with one attached hydrogen (secondary N) is 2. The largest absolute Gasteiger partial charge is 0.355 e. The summed E-state index contributed by atoms with van der Waals surface area (Å²) in [5.41, 5.74) is 3.46. The number of hydrogen-bond donors (Lipinski definition) is 2. The molecule has 0 bridgehead atoms. The van der Waals surface area contributed by atoms with Crippen molar-refractivity contribution >= 4 is 12.1 Å². The van der Waals surface area contributed by atoms with Gasteiger partial charge in [-0.3, -0.25) is 4.79 Å². The summed E-state index contributed by atoms with van der Waals surface area (Å²) in [5.74, 6) is 0.245. The van der Waals surface area contributed by atoms with Crippen LogP contribution in [0.4, 0.5) is 0 Å². The minimum absolute atomic E-state index is 0.0886. The van der Waals surface area contributed by atoms with Crippen LogP contribution in [-0.4, -0.2) is 25.7 Å². The van der Waals surface area contributed by atoms with E-state index in [0.29, 0.717) is 11.5 Å². The van der Waals surface area contributed by atoms with Crippen molar-refractivity contribution in [2.75, 3.05) is 13.6 Å². The molecule has 1 rings (SSSR count). The number of rotatable bonds is 1. The fourth-order valence-corrected chi connectivity index (χ4v) is 0.999. The van der Waals surface area contributed by atoms with Gasteiger partial charge in [0.15, 0.2) is 0 Å². The average Bonchev–Trinajstić information content (AvgIpc) is 2.28. The molecule has 0 radical (unpaired) electrons. The highest BCUT2D eigenvalue weighted by Crippen LogP contribution is 2.03. The number of carbonyl (C=O) groups is 1. The fourth-order valence-electron chi connectivity index (χ4n) is 0.999. The Balaban J connectivity index is 2.77. The van der Waals surface area contributed by atoms with Crippen LogP contribution in [0.1, 0.15) is 6.92 Å². The van der Waals surface area contributed by atoms with Crippen molar-refractivity contribution in [1.29, 1.82) is 0 Å². The fraction of sp³-hybridized carbons (Fsp3) is 0.500. The molecule has 4 nitrogen and oxygen atoms in total. The lowest BCUT2D eigenvalue weighted by Gasteiger charge is -2.02. The van der Waals surface area contributed by atoms with Crippen LogP contribution >= 0.6 is 0 Å². The highest BCUT2D eigenvalue weighted by Gasteiger charge is 2.09. The van der Waals surface area contributed by atoms with E-state index in [0.717, 1.165) is 6.54 Å². The molecule has 4 heteroatoms. The van der Waals surface area contributed by atoms with Gasteiger partial charge in [0.25, 0.3) is 5.91 Å². The number of likely N-dealkylation sites (N-methyl/N-ethyl adjacent to an activating group) is 1. The minimum Gasteiger partial charge on any atom is -0.355 e. The highest BCUT2D eigenvalue weighted by atomic mass is 16.1. The lowest BCUT2D eigenvalue weighted by molar-refractivity contribution is -0.116. The van der Waals surface area contributed by atoms with Gasteiger partial charge in [0.1, 0.15) is 0 Å². The molecule has 1 heterocycles. The van der Waals surface area contributed by atoms with Crippen molar-refractivity contribution < 1.29 is 4.79 Å². The van der Waals surface area contributed by atoms with E-state index < -0.39 is 0 Å². The summed E-state index contributed by atoms with van der Waals surface area (Å²) in [5, 5.41) is 6.42. The van der Waals surface area contributed by atoms with Crippen molar-refractivity contribution in [2.45, 2.75) is 6.92 Å². The maximum absolute atomic E-state index is 11.2. The first-order chi connectivity index (χ1) is 5.74. The van der Waals surface area contributed by atoms with Crippen LogP contribution in [-0.2, 0) is 4.79 Å². The minimum atomic E-state index is -0.0886. The Morgan fingerprint density at radius 3 is 3.25 bits per heavy atom. The van der Waals surface area contributed by atoms with Crippen molar-refractivity contribution in [3.05, 3.63) is 11.6 Å². The predicted octanol–water partition coefficient (Wildman–Crippen LogP) is -0.116. The van der Waals surface area contributed by atoms with Gasteiger partial charge in [-0.1, -0.05) is 13.0 Å². The molecule has 66 valence electrons. The molecule has 1 amide bonds. The van der Waals surface area contributed by atoms with E-state index in [-0.39, 0.29) is 5.91 Å². The van der Waals surface area contributed by atoms with E-state index in [9.17, 15) is 4.79 Å². The Labute approximate surface area is 71.7 Å². The van der Waals surface area contributed by atoms with Crippen LogP contribution in [0.15, 0.2) is 16.8 Å². The Hall–Kier alpha value is -1.32. The zero-order valence-electron chi connectivity index (χ0n) is 7.29. The van der Waals surface area contributed by atoms with Crippen LogP contribution < -0.4 is 10.7 Å². The van der Waals surface area contributed by atoms with Crippen LogP contribution in [0.2, 0.25) is 0 Å². The third-order valence-corrected chi connectivity index (χ3v) is 1.66. The monoisotopic (exact) mass is 167 g/mol. The van der Waals surface area contributed by atoms with Crippen molar-refractivity contribution in [1.82, 2.24) is 10.7 Å². The van der Waals surface area contributed by atoms with Gasteiger partial charge in [-0.25, -0.2) is 0 Å². The molecule has 0 unspecified atom stereocenters. The molecule has 0 saturated heterocycles. The number of carbonyl (C=O) groups excluding carboxylic acids is 1. The quantitative estimate of drug-likeness (QED) is 0.572. The van der Waals surface area contributed by atoms with E-state index in [2.05, 4.69) is 15.8 Å². The van der Waals surface area contributed by atoms with Crippen LogP contribution in [0.25, 0.3) is 0 Å². The summed E-state index contributed by atoms with van der Waals surface area (Å²) in [6.45, 7) is 2.81. The average molecular weight is 167 g/mol. The Morgan fingerprint density at radius 1 is 1.83 bits per heavy atom. The molecular formula is C8H13N3O. The summed E-state index contributed by atoms with van der Waals surface area (Å²) in [4.78, 5) is 11.2. The SMILES string of the molecule is CNC(=O)C1=C[C@H](C)CNN=C1. The smallest absolute Gasteiger partial charge is 0.252 e. The van der Waals surface area contributed by atoms with Gasteiger partial charge >= 0.3 is 0 Å². The predicted molar refractivity (Wildman–Crippen MR) is 47.8 cm³/mol. The first-order valence-corrected chi connectivity index (χ1v) is 3.94.